The Balaban J connectivity index is 1.34. The summed E-state index contributed by atoms with van der Waals surface area (Å²) in [6.45, 7) is 11.0. The van der Waals surface area contributed by atoms with Crippen LogP contribution in [0.2, 0.25) is 0 Å². The fraction of sp³-hybridized carbons (Fsp3) is 0.200. The first-order valence-corrected chi connectivity index (χ1v) is 15.8. The predicted molar refractivity (Wildman–Crippen MR) is 187 cm³/mol. The summed E-state index contributed by atoms with van der Waals surface area (Å²) in [7, 11) is 1.67. The van der Waals surface area contributed by atoms with Gasteiger partial charge in [0, 0.05) is 40.7 Å². The first kappa shape index (κ1) is 29.4. The number of aryl methyl sites for hydroxylation is 1. The van der Waals surface area contributed by atoms with Gasteiger partial charge in [-0.1, -0.05) is 76.2 Å². The van der Waals surface area contributed by atoms with E-state index in [0.717, 1.165) is 61.8 Å². The van der Waals surface area contributed by atoms with E-state index in [1.807, 2.05) is 18.2 Å². The maximum Gasteiger partial charge on any atom is 0.141 e. The molecule has 0 atom stereocenters. The number of rotatable bonds is 8. The van der Waals surface area contributed by atoms with E-state index >= 15 is 0 Å². The van der Waals surface area contributed by atoms with Crippen molar-refractivity contribution in [3.05, 3.63) is 126 Å². The van der Waals surface area contributed by atoms with Crippen molar-refractivity contribution < 1.29 is 9.47 Å². The van der Waals surface area contributed by atoms with Crippen LogP contribution in [0.25, 0.3) is 44.4 Å². The van der Waals surface area contributed by atoms with Crippen molar-refractivity contribution in [1.29, 1.82) is 0 Å². The molecule has 0 spiro atoms. The van der Waals surface area contributed by atoms with Crippen LogP contribution in [0.15, 0.2) is 109 Å². The van der Waals surface area contributed by atoms with Crippen molar-refractivity contribution in [2.45, 2.75) is 46.5 Å². The van der Waals surface area contributed by atoms with Crippen LogP contribution in [0.3, 0.4) is 0 Å². The molecule has 0 fully saturated rings. The van der Waals surface area contributed by atoms with Gasteiger partial charge in [0.25, 0.3) is 0 Å². The second-order valence-corrected chi connectivity index (χ2v) is 12.4. The van der Waals surface area contributed by atoms with E-state index in [1.54, 1.807) is 13.3 Å². The van der Waals surface area contributed by atoms with Gasteiger partial charge in [0.1, 0.15) is 23.1 Å². The lowest BCUT2D eigenvalue weighted by atomic mass is 9.93. The molecule has 0 unspecified atom stereocenters. The van der Waals surface area contributed by atoms with Gasteiger partial charge in [-0.15, -0.1) is 0 Å². The molecule has 0 radical (unpaired) electrons. The average molecular weight is 607 g/mol. The van der Waals surface area contributed by atoms with E-state index in [4.69, 9.17) is 19.6 Å². The van der Waals surface area contributed by atoms with E-state index in [9.17, 15) is 0 Å². The van der Waals surface area contributed by atoms with Crippen LogP contribution < -0.4 is 9.47 Å². The minimum atomic E-state index is 0.259. The monoisotopic (exact) mass is 606 g/mol. The summed E-state index contributed by atoms with van der Waals surface area (Å²) in [5, 5.41) is 7.52. The summed E-state index contributed by atoms with van der Waals surface area (Å²) < 4.78 is 16.4. The summed E-state index contributed by atoms with van der Waals surface area (Å²) in [6.07, 6.45) is 1.78. The lowest BCUT2D eigenvalue weighted by Crippen LogP contribution is -2.05. The number of hydrogen-bond acceptors (Lipinski definition) is 4. The Hall–Kier alpha value is -5.36. The van der Waals surface area contributed by atoms with E-state index < -0.39 is 0 Å². The summed E-state index contributed by atoms with van der Waals surface area (Å²) in [5.41, 5.74) is 8.88. The number of benzene rings is 4. The summed E-state index contributed by atoms with van der Waals surface area (Å²) >= 11 is 0. The molecule has 3 heterocycles. The van der Waals surface area contributed by atoms with Gasteiger partial charge >= 0.3 is 0 Å². The van der Waals surface area contributed by atoms with Crippen LogP contribution >= 0.6 is 0 Å². The van der Waals surface area contributed by atoms with Crippen molar-refractivity contribution >= 4 is 21.8 Å². The van der Waals surface area contributed by atoms with Crippen LogP contribution in [-0.4, -0.2) is 26.4 Å². The Kier molecular flexibility index (Phi) is 7.57. The van der Waals surface area contributed by atoms with Crippen molar-refractivity contribution in [3.63, 3.8) is 0 Å². The highest BCUT2D eigenvalue weighted by atomic mass is 16.5. The lowest BCUT2D eigenvalue weighted by Gasteiger charge is -2.15. The van der Waals surface area contributed by atoms with Gasteiger partial charge in [0.05, 0.1) is 35.2 Å². The Labute approximate surface area is 269 Å². The van der Waals surface area contributed by atoms with Crippen molar-refractivity contribution in [3.8, 4) is 39.9 Å². The molecule has 6 heteroatoms. The molecular weight excluding hydrogens is 568 g/mol. The molecule has 0 N–H and O–H groups in total. The van der Waals surface area contributed by atoms with Crippen LogP contribution in [-0.2, 0) is 0 Å². The summed E-state index contributed by atoms with van der Waals surface area (Å²) in [6, 6.07) is 35.4. The van der Waals surface area contributed by atoms with Crippen molar-refractivity contribution in [2.75, 3.05) is 7.11 Å². The van der Waals surface area contributed by atoms with E-state index in [1.165, 1.54) is 16.8 Å². The molecule has 7 aromatic rings. The highest BCUT2D eigenvalue weighted by Crippen LogP contribution is 2.39. The molecule has 0 bridgehead atoms. The normalized spacial score (nSPS) is 11.7. The van der Waals surface area contributed by atoms with Crippen molar-refractivity contribution in [2.24, 2.45) is 0 Å². The molecule has 0 aliphatic carbocycles. The molecule has 0 aliphatic rings. The van der Waals surface area contributed by atoms with Gasteiger partial charge in [0.2, 0.25) is 0 Å². The largest absolute Gasteiger partial charge is 0.497 e. The third kappa shape index (κ3) is 5.20. The first-order chi connectivity index (χ1) is 22.3. The van der Waals surface area contributed by atoms with E-state index in [2.05, 4.69) is 129 Å². The number of pyridine rings is 1. The predicted octanol–water partition coefficient (Wildman–Crippen LogP) is 10.4. The fourth-order valence-electron chi connectivity index (χ4n) is 6.44. The Bertz CT molecular complexity index is 2190. The van der Waals surface area contributed by atoms with Gasteiger partial charge in [0.15, 0.2) is 0 Å². The molecule has 3 aromatic heterocycles. The van der Waals surface area contributed by atoms with Gasteiger partial charge in [-0.25, -0.2) is 9.67 Å². The van der Waals surface area contributed by atoms with Crippen LogP contribution in [0.5, 0.6) is 17.2 Å². The van der Waals surface area contributed by atoms with Gasteiger partial charge < -0.3 is 9.47 Å². The Morgan fingerprint density at radius 3 is 2.20 bits per heavy atom. The maximum absolute atomic E-state index is 6.63. The van der Waals surface area contributed by atoms with Crippen LogP contribution in [0.4, 0.5) is 0 Å². The van der Waals surface area contributed by atoms with Crippen LogP contribution in [0, 0.1) is 6.92 Å². The minimum absolute atomic E-state index is 0.259. The second-order valence-electron chi connectivity index (χ2n) is 12.4. The second kappa shape index (κ2) is 11.9. The summed E-state index contributed by atoms with van der Waals surface area (Å²) in [4.78, 5) is 4.70. The average Bonchev–Trinajstić information content (AvgIpc) is 3.62. The number of para-hydroxylation sites is 1. The molecule has 0 aliphatic heterocycles. The number of ether oxygens (including phenoxy) is 2. The molecule has 0 saturated carbocycles. The molecular formula is C40H38N4O2. The van der Waals surface area contributed by atoms with Gasteiger partial charge in [-0.05, 0) is 66.3 Å². The number of methoxy groups -OCH3 is 1. The molecule has 6 nitrogen and oxygen atoms in total. The molecule has 7 rings (SSSR count). The Morgan fingerprint density at radius 2 is 1.43 bits per heavy atom. The zero-order valence-corrected chi connectivity index (χ0v) is 27.2. The van der Waals surface area contributed by atoms with Crippen LogP contribution in [0.1, 0.15) is 56.5 Å². The zero-order valence-electron chi connectivity index (χ0n) is 27.2. The Morgan fingerprint density at radius 1 is 0.674 bits per heavy atom. The molecule has 46 heavy (non-hydrogen) atoms. The SMILES string of the molecule is COc1ccnc(-n2c3ccccc3c3ccc(Oc4cc(C)cc(-n5nc(C(C)C)c(-c6ccccc6)c5C(C)C)c4)cc32)c1. The number of hydrogen-bond donors (Lipinski definition) is 0. The molecule has 4 aromatic carbocycles. The highest BCUT2D eigenvalue weighted by Gasteiger charge is 2.24. The lowest BCUT2D eigenvalue weighted by molar-refractivity contribution is 0.414. The van der Waals surface area contributed by atoms with E-state index in [0.29, 0.717) is 0 Å². The van der Waals surface area contributed by atoms with Crippen molar-refractivity contribution in [1.82, 2.24) is 19.3 Å². The van der Waals surface area contributed by atoms with Gasteiger partial charge in [-0.2, -0.15) is 5.10 Å². The molecule has 0 saturated heterocycles. The first-order valence-electron chi connectivity index (χ1n) is 15.8. The summed E-state index contributed by atoms with van der Waals surface area (Å²) in [5.74, 6) is 3.57. The number of fused-ring (bicyclic) bond motifs is 3. The standard InChI is InChI=1S/C40H38N4O2/c1-25(2)39-38(28-12-8-7-9-13-28)40(26(3)4)44(42-39)29-20-27(5)21-32(22-29)46-31-16-17-34-33-14-10-11-15-35(33)43(36(34)23-31)37-24-30(45-6)18-19-41-37/h7-26H,1-6H3. The molecule has 0 amide bonds. The maximum atomic E-state index is 6.63. The third-order valence-corrected chi connectivity index (χ3v) is 8.45. The minimum Gasteiger partial charge on any atom is -0.497 e. The number of nitrogens with zero attached hydrogens (tertiary/aromatic N) is 4. The molecule has 230 valence electrons. The quantitative estimate of drug-likeness (QED) is 0.173. The van der Waals surface area contributed by atoms with E-state index in [-0.39, 0.29) is 11.8 Å². The fourth-order valence-corrected chi connectivity index (χ4v) is 6.44. The smallest absolute Gasteiger partial charge is 0.141 e. The topological polar surface area (TPSA) is 54.1 Å². The third-order valence-electron chi connectivity index (χ3n) is 8.45. The zero-order chi connectivity index (χ0) is 31.9. The highest BCUT2D eigenvalue weighted by molar-refractivity contribution is 6.09. The van der Waals surface area contributed by atoms with Gasteiger partial charge in [-0.3, -0.25) is 4.57 Å². The number of aromatic nitrogens is 4.